The van der Waals surface area contributed by atoms with Crippen molar-refractivity contribution in [2.75, 3.05) is 19.8 Å². The van der Waals surface area contributed by atoms with Crippen molar-refractivity contribution >= 4 is 0 Å². The van der Waals surface area contributed by atoms with Crippen molar-refractivity contribution in [2.45, 2.75) is 98.9 Å². The smallest absolute Gasteiger partial charge is 0.186 e. The average Bonchev–Trinajstić information content (AvgIpc) is 2.82. The molecule has 15 heteroatoms. The van der Waals surface area contributed by atoms with Crippen molar-refractivity contribution in [1.29, 1.82) is 0 Å². The van der Waals surface area contributed by atoms with Crippen LogP contribution in [-0.2, 0) is 23.7 Å². The van der Waals surface area contributed by atoms with Gasteiger partial charge in [-0.1, -0.05) is 0 Å². The molecule has 3 aliphatic rings. The SMILES string of the molecule is C[C@H]1OC(CO[C@H]2OC(CO[C@H]3OC(CO)[C@@H](O)C(O)C3O)[C@@H](O)C(O)[C@H]2O)[C@@H](O)[C@H](O)C1O. The topological polar surface area (TPSA) is 248 Å². The number of aliphatic hydroxyl groups is 10. The minimum atomic E-state index is -1.74. The van der Waals surface area contributed by atoms with Gasteiger partial charge in [-0.05, 0) is 6.92 Å². The maximum Gasteiger partial charge on any atom is 0.186 e. The third-order valence-electron chi connectivity index (χ3n) is 6.32. The zero-order valence-corrected chi connectivity index (χ0v) is 18.3. The van der Waals surface area contributed by atoms with E-state index in [9.17, 15) is 51.1 Å². The predicted octanol–water partition coefficient (Wildman–Crippen LogP) is -6.50. The lowest BCUT2D eigenvalue weighted by Gasteiger charge is -2.43. The summed E-state index contributed by atoms with van der Waals surface area (Å²) < 4.78 is 26.8. The van der Waals surface area contributed by atoms with Gasteiger partial charge >= 0.3 is 0 Å². The Kier molecular flexibility index (Phi) is 9.57. The largest absolute Gasteiger partial charge is 0.394 e. The van der Waals surface area contributed by atoms with Gasteiger partial charge in [0.25, 0.3) is 0 Å². The Morgan fingerprint density at radius 1 is 0.500 bits per heavy atom. The second-order valence-corrected chi connectivity index (χ2v) is 8.73. The minimum Gasteiger partial charge on any atom is -0.394 e. The summed E-state index contributed by atoms with van der Waals surface area (Å²) in [7, 11) is 0. The van der Waals surface area contributed by atoms with Gasteiger partial charge in [0.2, 0.25) is 0 Å². The van der Waals surface area contributed by atoms with Gasteiger partial charge in [-0.25, -0.2) is 0 Å². The summed E-state index contributed by atoms with van der Waals surface area (Å²) in [6.07, 6.45) is -21.9. The lowest BCUT2D eigenvalue weighted by molar-refractivity contribution is -0.335. The molecule has 7 unspecified atom stereocenters. The number of aliphatic hydroxyl groups excluding tert-OH is 10. The summed E-state index contributed by atoms with van der Waals surface area (Å²) in [5.74, 6) is 0. The molecule has 15 nitrogen and oxygen atoms in total. The van der Waals surface area contributed by atoms with Crippen LogP contribution in [0.2, 0.25) is 0 Å². The molecule has 3 fully saturated rings. The Morgan fingerprint density at radius 2 is 0.882 bits per heavy atom. The molecule has 0 amide bonds. The van der Waals surface area contributed by atoms with Crippen LogP contribution in [0.3, 0.4) is 0 Å². The Balaban J connectivity index is 1.58. The van der Waals surface area contributed by atoms with Gasteiger partial charge in [0.1, 0.15) is 73.2 Å². The molecule has 3 rings (SSSR count). The van der Waals surface area contributed by atoms with E-state index in [-0.39, 0.29) is 0 Å². The maximum absolute atomic E-state index is 10.2. The number of ether oxygens (including phenoxy) is 5. The molecule has 0 radical (unpaired) electrons. The van der Waals surface area contributed by atoms with E-state index in [4.69, 9.17) is 23.7 Å². The molecule has 15 atom stereocenters. The van der Waals surface area contributed by atoms with Gasteiger partial charge < -0.3 is 74.7 Å². The first-order chi connectivity index (χ1) is 16.0. The number of hydrogen-bond acceptors (Lipinski definition) is 15. The fourth-order valence-corrected chi connectivity index (χ4v) is 4.05. The van der Waals surface area contributed by atoms with Gasteiger partial charge in [-0.15, -0.1) is 0 Å². The van der Waals surface area contributed by atoms with E-state index >= 15 is 0 Å². The molecule has 0 spiro atoms. The first-order valence-electron chi connectivity index (χ1n) is 10.9. The summed E-state index contributed by atoms with van der Waals surface area (Å²) in [5.41, 5.74) is 0. The highest BCUT2D eigenvalue weighted by Gasteiger charge is 2.48. The van der Waals surface area contributed by atoms with Crippen LogP contribution in [0.4, 0.5) is 0 Å². The number of hydrogen-bond donors (Lipinski definition) is 10. The molecule has 3 aliphatic heterocycles. The average molecular weight is 502 g/mol. The van der Waals surface area contributed by atoms with Crippen molar-refractivity contribution in [3.8, 4) is 0 Å². The lowest BCUT2D eigenvalue weighted by Crippen LogP contribution is -2.62. The van der Waals surface area contributed by atoms with Gasteiger partial charge in [0.15, 0.2) is 12.6 Å². The summed E-state index contributed by atoms with van der Waals surface area (Å²) in [5, 5.41) is 99.3. The zero-order chi connectivity index (χ0) is 25.3. The van der Waals surface area contributed by atoms with Crippen molar-refractivity contribution in [3.63, 3.8) is 0 Å². The fraction of sp³-hybridized carbons (Fsp3) is 1.00. The molecule has 0 aromatic heterocycles. The zero-order valence-electron chi connectivity index (χ0n) is 18.3. The molecular weight excluding hydrogens is 468 g/mol. The molecule has 0 aromatic carbocycles. The highest BCUT2D eigenvalue weighted by atomic mass is 16.7. The molecule has 0 bridgehead atoms. The van der Waals surface area contributed by atoms with Crippen molar-refractivity contribution in [3.05, 3.63) is 0 Å². The lowest BCUT2D eigenvalue weighted by atomic mass is 9.96. The fourth-order valence-electron chi connectivity index (χ4n) is 4.05. The van der Waals surface area contributed by atoms with Crippen LogP contribution in [0.25, 0.3) is 0 Å². The van der Waals surface area contributed by atoms with E-state index in [0.29, 0.717) is 0 Å². The second-order valence-electron chi connectivity index (χ2n) is 8.73. The van der Waals surface area contributed by atoms with Crippen LogP contribution >= 0.6 is 0 Å². The van der Waals surface area contributed by atoms with Gasteiger partial charge in [0, 0.05) is 0 Å². The van der Waals surface area contributed by atoms with Crippen LogP contribution in [0.5, 0.6) is 0 Å². The van der Waals surface area contributed by atoms with E-state index in [1.54, 1.807) is 0 Å². The van der Waals surface area contributed by atoms with Crippen LogP contribution < -0.4 is 0 Å². The quantitative estimate of drug-likeness (QED) is 0.155. The first-order valence-corrected chi connectivity index (χ1v) is 10.9. The Labute approximate surface area is 194 Å². The Morgan fingerprint density at radius 3 is 1.35 bits per heavy atom. The molecule has 200 valence electrons. The number of rotatable bonds is 7. The molecular formula is C19H34O15. The van der Waals surface area contributed by atoms with Crippen molar-refractivity contribution in [1.82, 2.24) is 0 Å². The van der Waals surface area contributed by atoms with Gasteiger partial charge in [0.05, 0.1) is 25.9 Å². The van der Waals surface area contributed by atoms with E-state index in [2.05, 4.69) is 0 Å². The summed E-state index contributed by atoms with van der Waals surface area (Å²) >= 11 is 0. The first kappa shape index (κ1) is 28.0. The molecule has 3 heterocycles. The van der Waals surface area contributed by atoms with Crippen LogP contribution in [0.15, 0.2) is 0 Å². The summed E-state index contributed by atoms with van der Waals surface area (Å²) in [6, 6.07) is 0. The second kappa shape index (κ2) is 11.6. The van der Waals surface area contributed by atoms with Crippen LogP contribution in [-0.4, -0.2) is 163 Å². The minimum absolute atomic E-state index is 0.417. The van der Waals surface area contributed by atoms with Gasteiger partial charge in [-0.3, -0.25) is 0 Å². The molecule has 3 saturated heterocycles. The van der Waals surface area contributed by atoms with Crippen molar-refractivity contribution < 1.29 is 74.7 Å². The predicted molar refractivity (Wildman–Crippen MR) is 105 cm³/mol. The monoisotopic (exact) mass is 502 g/mol. The third-order valence-corrected chi connectivity index (χ3v) is 6.32. The summed E-state index contributed by atoms with van der Waals surface area (Å²) in [4.78, 5) is 0. The molecule has 10 N–H and O–H groups in total. The highest BCUT2D eigenvalue weighted by molar-refractivity contribution is 4.93. The molecule has 0 saturated carbocycles. The van der Waals surface area contributed by atoms with E-state index in [1.807, 2.05) is 0 Å². The maximum atomic E-state index is 10.2. The van der Waals surface area contributed by atoms with Gasteiger partial charge in [-0.2, -0.15) is 0 Å². The Bertz CT molecular complexity index is 639. The van der Waals surface area contributed by atoms with E-state index in [0.717, 1.165) is 0 Å². The van der Waals surface area contributed by atoms with Crippen molar-refractivity contribution in [2.24, 2.45) is 0 Å². The van der Waals surface area contributed by atoms with E-state index < -0.39 is 112 Å². The standard InChI is InChI=1S/C19H34O15/c1-5-9(21)13(25)11(23)7(32-5)3-30-19-17(29)15(27)12(24)8(34-19)4-31-18-16(28)14(26)10(22)6(2-20)33-18/h5-29H,2-4H2,1H3/t5-,6?,7?,8?,9?,10-,11-,12-,13-,14?,15?,16?,17-,18+,19+/m1/s1. The summed E-state index contributed by atoms with van der Waals surface area (Å²) in [6.45, 7) is -0.142. The third kappa shape index (κ3) is 5.69. The molecule has 34 heavy (non-hydrogen) atoms. The molecule has 0 aromatic rings. The Hall–Kier alpha value is -0.600. The normalized spacial score (nSPS) is 52.5. The van der Waals surface area contributed by atoms with Crippen LogP contribution in [0, 0.1) is 0 Å². The van der Waals surface area contributed by atoms with E-state index in [1.165, 1.54) is 6.92 Å². The van der Waals surface area contributed by atoms with Crippen LogP contribution in [0.1, 0.15) is 6.92 Å². The molecule has 0 aliphatic carbocycles. The highest BCUT2D eigenvalue weighted by Crippen LogP contribution is 2.27.